The lowest BCUT2D eigenvalue weighted by Crippen LogP contribution is -2.56. The van der Waals surface area contributed by atoms with Gasteiger partial charge in [-0.2, -0.15) is 0 Å². The number of para-hydroxylation sites is 1. The van der Waals surface area contributed by atoms with E-state index in [1.165, 1.54) is 5.56 Å². The number of hydrogen-bond donors (Lipinski definition) is 1. The molecule has 2 aromatic rings. The molecule has 2 aliphatic rings. The van der Waals surface area contributed by atoms with Gasteiger partial charge in [0.2, 0.25) is 5.91 Å². The molecule has 4 rings (SSSR count). The van der Waals surface area contributed by atoms with Crippen molar-refractivity contribution in [2.45, 2.75) is 38.8 Å². The Bertz CT molecular complexity index is 741. The summed E-state index contributed by atoms with van der Waals surface area (Å²) < 4.78 is 5.81. The topological polar surface area (TPSA) is 48.7 Å². The summed E-state index contributed by atoms with van der Waals surface area (Å²) in [6, 6.07) is 12.4. The summed E-state index contributed by atoms with van der Waals surface area (Å²) in [5.74, 6) is 2.18. The van der Waals surface area contributed by atoms with Gasteiger partial charge < -0.3 is 14.6 Å². The van der Waals surface area contributed by atoms with Crippen molar-refractivity contribution in [3.8, 4) is 0 Å². The Kier molecular flexibility index (Phi) is 4.04. The lowest BCUT2D eigenvalue weighted by atomic mass is 9.85. The molecule has 0 radical (unpaired) electrons. The van der Waals surface area contributed by atoms with Gasteiger partial charge in [0.1, 0.15) is 17.1 Å². The highest BCUT2D eigenvalue weighted by molar-refractivity contribution is 5.93. The van der Waals surface area contributed by atoms with Crippen molar-refractivity contribution in [3.05, 3.63) is 53.5 Å². The first-order valence-electron chi connectivity index (χ1n) is 8.98. The standard InChI is InChI=1S/C20H25N3O2/c1-15-12-18(25-16(15)2)13-22-10-8-20(9-11-22)19(24)21-14-23(20)17-6-4-3-5-7-17/h3-7,12H,8-11,13-14H2,1-2H3,(H,21,24). The number of carbonyl (C=O) groups excluding carboxylic acids is 1. The molecule has 0 atom stereocenters. The van der Waals surface area contributed by atoms with Crippen molar-refractivity contribution in [3.63, 3.8) is 0 Å². The van der Waals surface area contributed by atoms with Gasteiger partial charge in [0, 0.05) is 18.8 Å². The number of hydrogen-bond acceptors (Lipinski definition) is 4. The number of carbonyl (C=O) groups is 1. The van der Waals surface area contributed by atoms with Crippen LogP contribution < -0.4 is 10.2 Å². The predicted octanol–water partition coefficient (Wildman–Crippen LogP) is 2.82. The fourth-order valence-corrected chi connectivity index (χ4v) is 4.06. The Hall–Kier alpha value is -2.27. The second kappa shape index (κ2) is 6.23. The molecule has 5 heteroatoms. The maximum absolute atomic E-state index is 12.7. The first kappa shape index (κ1) is 16.2. The first-order chi connectivity index (χ1) is 12.1. The van der Waals surface area contributed by atoms with Gasteiger partial charge in [-0.05, 0) is 50.5 Å². The Morgan fingerprint density at radius 3 is 2.52 bits per heavy atom. The minimum absolute atomic E-state index is 0.167. The summed E-state index contributed by atoms with van der Waals surface area (Å²) >= 11 is 0. The fourth-order valence-electron chi connectivity index (χ4n) is 4.06. The van der Waals surface area contributed by atoms with Crippen LogP contribution in [-0.4, -0.2) is 36.1 Å². The molecular formula is C20H25N3O2. The molecule has 1 aromatic carbocycles. The molecule has 1 aromatic heterocycles. The number of furan rings is 1. The molecule has 5 nitrogen and oxygen atoms in total. The molecule has 0 saturated carbocycles. The van der Waals surface area contributed by atoms with Crippen molar-refractivity contribution < 1.29 is 9.21 Å². The molecule has 3 heterocycles. The number of nitrogens with zero attached hydrogens (tertiary/aromatic N) is 2. The predicted molar refractivity (Wildman–Crippen MR) is 97.4 cm³/mol. The van der Waals surface area contributed by atoms with E-state index in [-0.39, 0.29) is 5.91 Å². The van der Waals surface area contributed by atoms with Gasteiger partial charge in [-0.1, -0.05) is 18.2 Å². The highest BCUT2D eigenvalue weighted by Crippen LogP contribution is 2.36. The molecule has 2 saturated heterocycles. The molecule has 0 bridgehead atoms. The molecule has 1 N–H and O–H groups in total. The van der Waals surface area contributed by atoms with E-state index in [0.717, 1.165) is 49.7 Å². The zero-order valence-electron chi connectivity index (χ0n) is 14.9. The third-order valence-electron chi connectivity index (χ3n) is 5.68. The lowest BCUT2D eigenvalue weighted by Gasteiger charge is -2.43. The number of anilines is 1. The number of benzene rings is 1. The van der Waals surface area contributed by atoms with E-state index in [2.05, 4.69) is 40.2 Å². The zero-order chi connectivity index (χ0) is 17.4. The van der Waals surface area contributed by atoms with Gasteiger partial charge >= 0.3 is 0 Å². The van der Waals surface area contributed by atoms with Crippen molar-refractivity contribution in [2.24, 2.45) is 0 Å². The van der Waals surface area contributed by atoms with E-state index < -0.39 is 5.54 Å². The lowest BCUT2D eigenvalue weighted by molar-refractivity contribution is -0.125. The molecule has 132 valence electrons. The summed E-state index contributed by atoms with van der Waals surface area (Å²) in [5, 5.41) is 3.05. The summed E-state index contributed by atoms with van der Waals surface area (Å²) in [4.78, 5) is 17.3. The molecule has 2 fully saturated rings. The molecular weight excluding hydrogens is 314 g/mol. The maximum Gasteiger partial charge on any atom is 0.247 e. The number of likely N-dealkylation sites (tertiary alicyclic amines) is 1. The Morgan fingerprint density at radius 1 is 1.16 bits per heavy atom. The number of rotatable bonds is 3. The zero-order valence-corrected chi connectivity index (χ0v) is 14.9. The van der Waals surface area contributed by atoms with Crippen LogP contribution in [0.15, 0.2) is 40.8 Å². The van der Waals surface area contributed by atoms with Gasteiger partial charge in [-0.25, -0.2) is 0 Å². The second-order valence-electron chi connectivity index (χ2n) is 7.19. The number of amides is 1. The molecule has 1 spiro atoms. The van der Waals surface area contributed by atoms with Gasteiger partial charge in [-0.15, -0.1) is 0 Å². The third kappa shape index (κ3) is 2.82. The van der Waals surface area contributed by atoms with Gasteiger partial charge in [-0.3, -0.25) is 9.69 Å². The highest BCUT2D eigenvalue weighted by Gasteiger charge is 2.50. The van der Waals surface area contributed by atoms with Gasteiger partial charge in [0.25, 0.3) is 0 Å². The van der Waals surface area contributed by atoms with E-state index in [1.807, 2.05) is 25.1 Å². The SMILES string of the molecule is Cc1cc(CN2CCC3(CC2)C(=O)NCN3c2ccccc2)oc1C. The van der Waals surface area contributed by atoms with Crippen molar-refractivity contribution in [2.75, 3.05) is 24.7 Å². The largest absolute Gasteiger partial charge is 0.465 e. The highest BCUT2D eigenvalue weighted by atomic mass is 16.3. The Balaban J connectivity index is 1.48. The third-order valence-corrected chi connectivity index (χ3v) is 5.68. The summed E-state index contributed by atoms with van der Waals surface area (Å²) in [6.07, 6.45) is 1.68. The monoisotopic (exact) mass is 339 g/mol. The van der Waals surface area contributed by atoms with Crippen LogP contribution in [0.25, 0.3) is 0 Å². The molecule has 25 heavy (non-hydrogen) atoms. The normalized spacial score (nSPS) is 20.2. The van der Waals surface area contributed by atoms with E-state index in [0.29, 0.717) is 6.67 Å². The first-order valence-corrected chi connectivity index (χ1v) is 8.98. The van der Waals surface area contributed by atoms with Crippen LogP contribution in [0.5, 0.6) is 0 Å². The summed E-state index contributed by atoms with van der Waals surface area (Å²) in [5.41, 5.74) is 1.91. The molecule has 1 amide bonds. The quantitative estimate of drug-likeness (QED) is 0.934. The smallest absolute Gasteiger partial charge is 0.247 e. The summed E-state index contributed by atoms with van der Waals surface area (Å²) in [6.45, 7) is 7.29. The van der Waals surface area contributed by atoms with Gasteiger partial charge in [0.15, 0.2) is 0 Å². The van der Waals surface area contributed by atoms with Crippen LogP contribution in [0.4, 0.5) is 5.69 Å². The van der Waals surface area contributed by atoms with E-state index >= 15 is 0 Å². The molecule has 0 aliphatic carbocycles. The van der Waals surface area contributed by atoms with Crippen molar-refractivity contribution >= 4 is 11.6 Å². The number of piperidine rings is 1. The minimum atomic E-state index is -0.410. The molecule has 0 unspecified atom stereocenters. The average molecular weight is 339 g/mol. The number of nitrogens with one attached hydrogen (secondary N) is 1. The molecule has 2 aliphatic heterocycles. The average Bonchev–Trinajstić information content (AvgIpc) is 3.10. The van der Waals surface area contributed by atoms with Crippen molar-refractivity contribution in [1.82, 2.24) is 10.2 Å². The summed E-state index contributed by atoms with van der Waals surface area (Å²) in [7, 11) is 0. The fraction of sp³-hybridized carbons (Fsp3) is 0.450. The van der Waals surface area contributed by atoms with Gasteiger partial charge in [0.05, 0.1) is 13.2 Å². The van der Waals surface area contributed by atoms with E-state index in [4.69, 9.17) is 4.42 Å². The van der Waals surface area contributed by atoms with Crippen LogP contribution in [0, 0.1) is 13.8 Å². The maximum atomic E-state index is 12.7. The number of aryl methyl sites for hydroxylation is 2. The van der Waals surface area contributed by atoms with Crippen LogP contribution in [0.1, 0.15) is 29.9 Å². The van der Waals surface area contributed by atoms with Crippen LogP contribution in [0.2, 0.25) is 0 Å². The minimum Gasteiger partial charge on any atom is -0.465 e. The van der Waals surface area contributed by atoms with Crippen LogP contribution >= 0.6 is 0 Å². The van der Waals surface area contributed by atoms with Crippen LogP contribution in [0.3, 0.4) is 0 Å². The Morgan fingerprint density at radius 2 is 1.88 bits per heavy atom. The van der Waals surface area contributed by atoms with Crippen molar-refractivity contribution in [1.29, 1.82) is 0 Å². The van der Waals surface area contributed by atoms with Crippen LogP contribution in [-0.2, 0) is 11.3 Å². The van der Waals surface area contributed by atoms with E-state index in [1.54, 1.807) is 0 Å². The Labute approximate surface area is 148 Å². The second-order valence-corrected chi connectivity index (χ2v) is 7.19. The van der Waals surface area contributed by atoms with E-state index in [9.17, 15) is 4.79 Å².